The van der Waals surface area contributed by atoms with Crippen molar-refractivity contribution in [3.63, 3.8) is 0 Å². The number of phenolic OH excluding ortho intramolecular Hbond substituents is 1. The average molecular weight is 332 g/mol. The lowest BCUT2D eigenvalue weighted by molar-refractivity contribution is -0.128. The van der Waals surface area contributed by atoms with Gasteiger partial charge in [-0.25, -0.2) is 8.78 Å². The van der Waals surface area contributed by atoms with Crippen LogP contribution in [0.3, 0.4) is 0 Å². The van der Waals surface area contributed by atoms with Crippen molar-refractivity contribution in [3.8, 4) is 5.75 Å². The number of halogens is 2. The van der Waals surface area contributed by atoms with Crippen LogP contribution in [0.5, 0.6) is 5.75 Å². The lowest BCUT2D eigenvalue weighted by Gasteiger charge is -2.19. The number of hydrogen-bond acceptors (Lipinski definition) is 3. The summed E-state index contributed by atoms with van der Waals surface area (Å²) in [4.78, 5) is 13.6. The molecule has 0 unspecified atom stereocenters. The van der Waals surface area contributed by atoms with Gasteiger partial charge >= 0.3 is 0 Å². The van der Waals surface area contributed by atoms with Crippen LogP contribution in [0.4, 0.5) is 14.5 Å². The molecule has 0 spiro atoms. The molecule has 0 aromatic heterocycles. The maximum atomic E-state index is 13.3. The Morgan fingerprint density at radius 2 is 1.88 bits per heavy atom. The van der Waals surface area contributed by atoms with Gasteiger partial charge in [-0.15, -0.1) is 0 Å². The van der Waals surface area contributed by atoms with Crippen LogP contribution in [0.15, 0.2) is 36.4 Å². The molecule has 0 radical (unpaired) electrons. The fourth-order valence-corrected chi connectivity index (χ4v) is 2.82. The van der Waals surface area contributed by atoms with E-state index in [0.29, 0.717) is 13.0 Å². The molecule has 1 amide bonds. The van der Waals surface area contributed by atoms with Gasteiger partial charge in [-0.1, -0.05) is 18.2 Å². The monoisotopic (exact) mass is 332 g/mol. The van der Waals surface area contributed by atoms with Crippen LogP contribution in [0.1, 0.15) is 24.0 Å². The molecule has 4 nitrogen and oxygen atoms in total. The minimum absolute atomic E-state index is 0.142. The Labute approximate surface area is 138 Å². The van der Waals surface area contributed by atoms with E-state index >= 15 is 0 Å². The van der Waals surface area contributed by atoms with Crippen LogP contribution in [-0.2, 0) is 17.9 Å². The van der Waals surface area contributed by atoms with E-state index < -0.39 is 11.6 Å². The second-order valence-electron chi connectivity index (χ2n) is 5.82. The third-order valence-corrected chi connectivity index (χ3v) is 4.14. The van der Waals surface area contributed by atoms with Gasteiger partial charge in [-0.3, -0.25) is 4.79 Å². The van der Waals surface area contributed by atoms with Crippen molar-refractivity contribution in [2.45, 2.75) is 25.9 Å². The van der Waals surface area contributed by atoms with Crippen molar-refractivity contribution in [2.24, 2.45) is 0 Å². The number of amides is 1. The van der Waals surface area contributed by atoms with E-state index in [1.54, 1.807) is 4.90 Å². The molecule has 1 fully saturated rings. The standard InChI is InChI=1S/C18H18F2N2O2/c19-14-8-13(17(23)9-15(14)20)10-21-16-5-2-1-4-12(16)11-22-7-3-6-18(22)24/h1-2,4-5,8-9,21,23H,3,6-7,10-11H2. The molecule has 2 aromatic carbocycles. The van der Waals surface area contributed by atoms with Gasteiger partial charge in [0, 0.05) is 43.4 Å². The zero-order valence-corrected chi connectivity index (χ0v) is 13.1. The van der Waals surface area contributed by atoms with Crippen molar-refractivity contribution in [1.82, 2.24) is 4.90 Å². The SMILES string of the molecule is O=C1CCCN1Cc1ccccc1NCc1cc(F)c(F)cc1O. The molecule has 1 aliphatic heterocycles. The Balaban J connectivity index is 1.74. The highest BCUT2D eigenvalue weighted by Crippen LogP contribution is 2.24. The lowest BCUT2D eigenvalue weighted by Crippen LogP contribution is -2.24. The smallest absolute Gasteiger partial charge is 0.222 e. The largest absolute Gasteiger partial charge is 0.507 e. The molecule has 0 saturated carbocycles. The van der Waals surface area contributed by atoms with E-state index in [-0.39, 0.29) is 23.8 Å². The molecule has 3 rings (SSSR count). The normalized spacial score (nSPS) is 14.2. The van der Waals surface area contributed by atoms with Crippen LogP contribution in [-0.4, -0.2) is 22.5 Å². The summed E-state index contributed by atoms with van der Waals surface area (Å²) in [6.45, 7) is 1.40. The molecule has 2 aromatic rings. The van der Waals surface area contributed by atoms with Gasteiger partial charge in [-0.05, 0) is 24.1 Å². The fraction of sp³-hybridized carbons (Fsp3) is 0.278. The number of anilines is 1. The Kier molecular flexibility index (Phi) is 4.64. The Morgan fingerprint density at radius 3 is 2.62 bits per heavy atom. The summed E-state index contributed by atoms with van der Waals surface area (Å²) in [5.41, 5.74) is 2.00. The summed E-state index contributed by atoms with van der Waals surface area (Å²) in [7, 11) is 0. The number of hydrogen-bond donors (Lipinski definition) is 2. The number of phenols is 1. The Hall–Kier alpha value is -2.63. The van der Waals surface area contributed by atoms with Crippen molar-refractivity contribution >= 4 is 11.6 Å². The van der Waals surface area contributed by atoms with E-state index in [0.717, 1.165) is 36.3 Å². The first-order valence-corrected chi connectivity index (χ1v) is 7.81. The van der Waals surface area contributed by atoms with E-state index in [1.807, 2.05) is 24.3 Å². The number of likely N-dealkylation sites (tertiary alicyclic amines) is 1. The first-order valence-electron chi connectivity index (χ1n) is 7.81. The molecule has 0 atom stereocenters. The van der Waals surface area contributed by atoms with Gasteiger partial charge in [0.1, 0.15) is 5.75 Å². The van der Waals surface area contributed by atoms with E-state index in [1.165, 1.54) is 0 Å². The predicted octanol–water partition coefficient (Wildman–Crippen LogP) is 3.40. The quantitative estimate of drug-likeness (QED) is 0.882. The van der Waals surface area contributed by atoms with E-state index in [2.05, 4.69) is 5.32 Å². The summed E-state index contributed by atoms with van der Waals surface area (Å²) < 4.78 is 26.4. The summed E-state index contributed by atoms with van der Waals surface area (Å²) >= 11 is 0. The van der Waals surface area contributed by atoms with Gasteiger partial charge in [0.2, 0.25) is 5.91 Å². The Bertz CT molecular complexity index is 765. The molecule has 6 heteroatoms. The molecule has 0 bridgehead atoms. The molecule has 24 heavy (non-hydrogen) atoms. The van der Waals surface area contributed by atoms with Crippen LogP contribution >= 0.6 is 0 Å². The maximum Gasteiger partial charge on any atom is 0.222 e. The third-order valence-electron chi connectivity index (χ3n) is 4.14. The number of nitrogens with one attached hydrogen (secondary N) is 1. The molecular formula is C18H18F2N2O2. The van der Waals surface area contributed by atoms with E-state index in [4.69, 9.17) is 0 Å². The number of benzene rings is 2. The highest BCUT2D eigenvalue weighted by Gasteiger charge is 2.21. The minimum Gasteiger partial charge on any atom is -0.507 e. The zero-order chi connectivity index (χ0) is 17.1. The molecule has 126 valence electrons. The predicted molar refractivity (Wildman–Crippen MR) is 86.4 cm³/mol. The first-order chi connectivity index (χ1) is 11.5. The van der Waals surface area contributed by atoms with Gasteiger partial charge in [-0.2, -0.15) is 0 Å². The summed E-state index contributed by atoms with van der Waals surface area (Å²) in [6, 6.07) is 9.25. The number of carbonyl (C=O) groups is 1. The second kappa shape index (κ2) is 6.86. The maximum absolute atomic E-state index is 13.3. The van der Waals surface area contributed by atoms with Crippen molar-refractivity contribution < 1.29 is 18.7 Å². The second-order valence-corrected chi connectivity index (χ2v) is 5.82. The molecule has 1 aliphatic rings. The van der Waals surface area contributed by atoms with Gasteiger partial charge in [0.05, 0.1) is 0 Å². The average Bonchev–Trinajstić information content (AvgIpc) is 2.96. The Morgan fingerprint density at radius 1 is 1.12 bits per heavy atom. The third kappa shape index (κ3) is 3.48. The highest BCUT2D eigenvalue weighted by atomic mass is 19.2. The molecule has 1 saturated heterocycles. The fourth-order valence-electron chi connectivity index (χ4n) is 2.82. The van der Waals surface area contributed by atoms with Crippen molar-refractivity contribution in [2.75, 3.05) is 11.9 Å². The highest BCUT2D eigenvalue weighted by molar-refractivity contribution is 5.78. The van der Waals surface area contributed by atoms with Gasteiger partial charge < -0.3 is 15.3 Å². The van der Waals surface area contributed by atoms with Gasteiger partial charge in [0.15, 0.2) is 11.6 Å². The summed E-state index contributed by atoms with van der Waals surface area (Å²) in [6.07, 6.45) is 1.45. The first kappa shape index (κ1) is 16.2. The topological polar surface area (TPSA) is 52.6 Å². The molecule has 0 aliphatic carbocycles. The lowest BCUT2D eigenvalue weighted by atomic mass is 10.1. The van der Waals surface area contributed by atoms with Gasteiger partial charge in [0.25, 0.3) is 0 Å². The van der Waals surface area contributed by atoms with Crippen LogP contribution < -0.4 is 5.32 Å². The molecule has 2 N–H and O–H groups in total. The number of rotatable bonds is 5. The van der Waals surface area contributed by atoms with Crippen molar-refractivity contribution in [3.05, 3.63) is 59.2 Å². The number of nitrogens with zero attached hydrogens (tertiary/aromatic N) is 1. The number of para-hydroxylation sites is 1. The summed E-state index contributed by atoms with van der Waals surface area (Å²) in [5, 5.41) is 12.8. The van der Waals surface area contributed by atoms with Crippen LogP contribution in [0, 0.1) is 11.6 Å². The number of carbonyl (C=O) groups excluding carboxylic acids is 1. The van der Waals surface area contributed by atoms with Crippen LogP contribution in [0.25, 0.3) is 0 Å². The van der Waals surface area contributed by atoms with E-state index in [9.17, 15) is 18.7 Å². The molecular weight excluding hydrogens is 314 g/mol. The minimum atomic E-state index is -1.08. The molecule has 1 heterocycles. The van der Waals surface area contributed by atoms with Crippen LogP contribution in [0.2, 0.25) is 0 Å². The van der Waals surface area contributed by atoms with Crippen molar-refractivity contribution in [1.29, 1.82) is 0 Å². The summed E-state index contributed by atoms with van der Waals surface area (Å²) in [5.74, 6) is -2.23. The zero-order valence-electron chi connectivity index (χ0n) is 13.1. The number of aromatic hydroxyl groups is 1.